The van der Waals surface area contributed by atoms with Gasteiger partial charge in [-0.3, -0.25) is 4.79 Å². The summed E-state index contributed by atoms with van der Waals surface area (Å²) in [5.74, 6) is 0.971. The van der Waals surface area contributed by atoms with Crippen LogP contribution in [0, 0.1) is 0 Å². The Bertz CT molecular complexity index is 906. The van der Waals surface area contributed by atoms with Gasteiger partial charge in [0.2, 0.25) is 0 Å². The molecule has 0 aliphatic rings. The molecule has 0 saturated carbocycles. The topological polar surface area (TPSA) is 47.6 Å². The minimum Gasteiger partial charge on any atom is -0.489 e. The molecule has 0 atom stereocenters. The van der Waals surface area contributed by atoms with Gasteiger partial charge in [-0.2, -0.15) is 0 Å². The molecule has 0 fully saturated rings. The summed E-state index contributed by atoms with van der Waals surface area (Å²) < 4.78 is 11.4. The molecule has 4 heteroatoms. The predicted molar refractivity (Wildman–Crippen MR) is 107 cm³/mol. The van der Waals surface area contributed by atoms with Gasteiger partial charge in [-0.25, -0.2) is 0 Å². The summed E-state index contributed by atoms with van der Waals surface area (Å²) in [5, 5.41) is 2.89. The Morgan fingerprint density at radius 3 is 2.52 bits per heavy atom. The molecule has 0 aliphatic carbocycles. The molecule has 0 bridgehead atoms. The van der Waals surface area contributed by atoms with Crippen molar-refractivity contribution in [3.05, 3.63) is 103 Å². The smallest absolute Gasteiger partial charge is 0.259 e. The monoisotopic (exact) mass is 359 g/mol. The van der Waals surface area contributed by atoms with Gasteiger partial charge in [0.25, 0.3) is 5.91 Å². The third-order valence-corrected chi connectivity index (χ3v) is 3.83. The number of carbonyl (C=O) groups is 1. The summed E-state index contributed by atoms with van der Waals surface area (Å²) in [5.41, 5.74) is 2.17. The Kier molecular flexibility index (Phi) is 6.26. The standard InChI is InChI=1S/C23H21NO3/c1-2-15-26-20-12-8-11-19(16-20)24-23(25)21-13-6-7-14-22(21)27-17-18-9-4-3-5-10-18/h2-14,16H,1,15,17H2,(H,24,25). The molecule has 3 rings (SSSR count). The van der Waals surface area contributed by atoms with Gasteiger partial charge >= 0.3 is 0 Å². The zero-order chi connectivity index (χ0) is 18.9. The van der Waals surface area contributed by atoms with Crippen molar-refractivity contribution in [2.75, 3.05) is 11.9 Å². The van der Waals surface area contributed by atoms with Gasteiger partial charge in [0.1, 0.15) is 24.7 Å². The van der Waals surface area contributed by atoms with Crippen LogP contribution in [0.1, 0.15) is 15.9 Å². The van der Waals surface area contributed by atoms with E-state index < -0.39 is 0 Å². The van der Waals surface area contributed by atoms with Crippen LogP contribution in [0.3, 0.4) is 0 Å². The van der Waals surface area contributed by atoms with Crippen LogP contribution in [0.15, 0.2) is 91.5 Å². The maximum atomic E-state index is 12.7. The number of carbonyl (C=O) groups excluding carboxylic acids is 1. The van der Waals surface area contributed by atoms with Crippen molar-refractivity contribution in [1.29, 1.82) is 0 Å². The normalized spacial score (nSPS) is 10.1. The van der Waals surface area contributed by atoms with Gasteiger partial charge in [-0.05, 0) is 29.8 Å². The molecule has 1 amide bonds. The minimum atomic E-state index is -0.237. The summed E-state index contributed by atoms with van der Waals surface area (Å²) in [6.45, 7) is 4.44. The number of rotatable bonds is 8. The predicted octanol–water partition coefficient (Wildman–Crippen LogP) is 5.08. The van der Waals surface area contributed by atoms with Crippen LogP contribution in [-0.4, -0.2) is 12.5 Å². The van der Waals surface area contributed by atoms with Crippen molar-refractivity contribution in [2.45, 2.75) is 6.61 Å². The summed E-state index contributed by atoms with van der Waals surface area (Å²) in [6, 6.07) is 24.3. The summed E-state index contributed by atoms with van der Waals surface area (Å²) in [7, 11) is 0. The number of anilines is 1. The average Bonchev–Trinajstić information content (AvgIpc) is 2.72. The van der Waals surface area contributed by atoms with Crippen LogP contribution in [-0.2, 0) is 6.61 Å². The number of amides is 1. The first-order valence-corrected chi connectivity index (χ1v) is 8.67. The van der Waals surface area contributed by atoms with E-state index in [1.54, 1.807) is 24.3 Å². The first-order valence-electron chi connectivity index (χ1n) is 8.67. The van der Waals surface area contributed by atoms with Gasteiger partial charge in [0.15, 0.2) is 0 Å². The lowest BCUT2D eigenvalue weighted by atomic mass is 10.1. The SMILES string of the molecule is C=CCOc1cccc(NC(=O)c2ccccc2OCc2ccccc2)c1. The Morgan fingerprint density at radius 1 is 0.926 bits per heavy atom. The lowest BCUT2D eigenvalue weighted by Gasteiger charge is -2.12. The number of hydrogen-bond donors (Lipinski definition) is 1. The molecule has 0 heterocycles. The van der Waals surface area contributed by atoms with Crippen LogP contribution in [0.2, 0.25) is 0 Å². The fourth-order valence-electron chi connectivity index (χ4n) is 2.53. The number of hydrogen-bond acceptors (Lipinski definition) is 3. The van der Waals surface area contributed by atoms with Gasteiger partial charge < -0.3 is 14.8 Å². The second kappa shape index (κ2) is 9.25. The van der Waals surface area contributed by atoms with E-state index >= 15 is 0 Å². The Labute approximate surface area is 159 Å². The number of ether oxygens (including phenoxy) is 2. The summed E-state index contributed by atoms with van der Waals surface area (Å²) >= 11 is 0. The molecule has 0 spiro atoms. The molecule has 3 aromatic carbocycles. The van der Waals surface area contributed by atoms with Gasteiger partial charge in [0.05, 0.1) is 5.56 Å². The molecule has 3 aromatic rings. The molecule has 0 aromatic heterocycles. The van der Waals surface area contributed by atoms with Gasteiger partial charge in [-0.1, -0.05) is 61.2 Å². The molecular formula is C23H21NO3. The quantitative estimate of drug-likeness (QED) is 0.570. The molecule has 4 nitrogen and oxygen atoms in total. The van der Waals surface area contributed by atoms with Crippen LogP contribution in [0.25, 0.3) is 0 Å². The zero-order valence-electron chi connectivity index (χ0n) is 14.9. The van der Waals surface area contributed by atoms with Crippen LogP contribution >= 0.6 is 0 Å². The fourth-order valence-corrected chi connectivity index (χ4v) is 2.53. The molecule has 27 heavy (non-hydrogen) atoms. The third kappa shape index (κ3) is 5.22. The van der Waals surface area contributed by atoms with Crippen molar-refractivity contribution < 1.29 is 14.3 Å². The average molecular weight is 359 g/mol. The van der Waals surface area contributed by atoms with E-state index in [2.05, 4.69) is 11.9 Å². The highest BCUT2D eigenvalue weighted by Crippen LogP contribution is 2.23. The first-order chi connectivity index (χ1) is 13.3. The zero-order valence-corrected chi connectivity index (χ0v) is 14.9. The Morgan fingerprint density at radius 2 is 1.70 bits per heavy atom. The highest BCUT2D eigenvalue weighted by molar-refractivity contribution is 6.06. The Balaban J connectivity index is 1.70. The second-order valence-corrected chi connectivity index (χ2v) is 5.85. The molecule has 0 radical (unpaired) electrons. The van der Waals surface area contributed by atoms with Crippen molar-refractivity contribution >= 4 is 11.6 Å². The van der Waals surface area contributed by atoms with Crippen LogP contribution < -0.4 is 14.8 Å². The maximum absolute atomic E-state index is 12.7. The largest absolute Gasteiger partial charge is 0.489 e. The van der Waals surface area contributed by atoms with E-state index in [-0.39, 0.29) is 5.91 Å². The number of benzene rings is 3. The minimum absolute atomic E-state index is 0.237. The fraction of sp³-hybridized carbons (Fsp3) is 0.0870. The second-order valence-electron chi connectivity index (χ2n) is 5.85. The summed E-state index contributed by atoms with van der Waals surface area (Å²) in [6.07, 6.45) is 1.67. The van der Waals surface area contributed by atoms with Gasteiger partial charge in [-0.15, -0.1) is 0 Å². The van der Waals surface area contributed by atoms with Crippen LogP contribution in [0.4, 0.5) is 5.69 Å². The molecule has 0 saturated heterocycles. The van der Waals surface area contributed by atoms with Gasteiger partial charge in [0, 0.05) is 11.8 Å². The maximum Gasteiger partial charge on any atom is 0.259 e. The van der Waals surface area contributed by atoms with Crippen molar-refractivity contribution in [1.82, 2.24) is 0 Å². The number of para-hydroxylation sites is 1. The highest BCUT2D eigenvalue weighted by Gasteiger charge is 2.13. The van der Waals surface area contributed by atoms with Crippen molar-refractivity contribution in [2.24, 2.45) is 0 Å². The third-order valence-electron chi connectivity index (χ3n) is 3.83. The van der Waals surface area contributed by atoms with E-state index in [4.69, 9.17) is 9.47 Å². The lowest BCUT2D eigenvalue weighted by molar-refractivity contribution is 0.102. The lowest BCUT2D eigenvalue weighted by Crippen LogP contribution is -2.13. The molecular weight excluding hydrogens is 338 g/mol. The summed E-state index contributed by atoms with van der Waals surface area (Å²) in [4.78, 5) is 12.7. The molecule has 1 N–H and O–H groups in total. The van der Waals surface area contributed by atoms with E-state index in [0.717, 1.165) is 5.56 Å². The van der Waals surface area contributed by atoms with E-state index in [9.17, 15) is 4.79 Å². The van der Waals surface area contributed by atoms with Crippen LogP contribution in [0.5, 0.6) is 11.5 Å². The molecule has 136 valence electrons. The van der Waals surface area contributed by atoms with E-state index in [1.165, 1.54) is 0 Å². The number of nitrogens with one attached hydrogen (secondary N) is 1. The van der Waals surface area contributed by atoms with Crippen molar-refractivity contribution in [3.63, 3.8) is 0 Å². The molecule has 0 aliphatic heterocycles. The van der Waals surface area contributed by atoms with E-state index in [1.807, 2.05) is 60.7 Å². The van der Waals surface area contributed by atoms with E-state index in [0.29, 0.717) is 36.0 Å². The van der Waals surface area contributed by atoms with Crippen molar-refractivity contribution in [3.8, 4) is 11.5 Å². The first kappa shape index (κ1) is 18.3. The molecule has 0 unspecified atom stereocenters. The Hall–Kier alpha value is -3.53. The highest BCUT2D eigenvalue weighted by atomic mass is 16.5.